The SMILES string of the molecule is CCCCCC(O)Cn1c2c(c3ccccc31)CNCC2. The van der Waals surface area contributed by atoms with E-state index in [1.165, 1.54) is 35.0 Å². The van der Waals surface area contributed by atoms with E-state index in [1.807, 2.05) is 0 Å². The van der Waals surface area contributed by atoms with Crippen molar-refractivity contribution < 1.29 is 5.11 Å². The first-order valence-electron chi connectivity index (χ1n) is 8.29. The molecule has 1 aromatic carbocycles. The largest absolute Gasteiger partial charge is 0.391 e. The highest BCUT2D eigenvalue weighted by Crippen LogP contribution is 2.29. The minimum atomic E-state index is -0.230. The molecule has 0 saturated heterocycles. The van der Waals surface area contributed by atoms with Crippen molar-refractivity contribution in [3.8, 4) is 0 Å². The van der Waals surface area contributed by atoms with Crippen LogP contribution in [0.4, 0.5) is 0 Å². The number of benzene rings is 1. The fourth-order valence-corrected chi connectivity index (χ4v) is 3.47. The lowest BCUT2D eigenvalue weighted by Gasteiger charge is -2.19. The maximum Gasteiger partial charge on any atom is 0.0719 e. The molecule has 0 spiro atoms. The van der Waals surface area contributed by atoms with Gasteiger partial charge in [-0.3, -0.25) is 0 Å². The number of aliphatic hydroxyl groups is 1. The number of hydrogen-bond donors (Lipinski definition) is 2. The lowest BCUT2D eigenvalue weighted by atomic mass is 10.1. The van der Waals surface area contributed by atoms with Crippen LogP contribution in [0.25, 0.3) is 10.9 Å². The molecule has 1 atom stereocenters. The first-order chi connectivity index (χ1) is 10.3. The van der Waals surface area contributed by atoms with E-state index in [0.29, 0.717) is 0 Å². The predicted octanol–water partition coefficient (Wildman–Crippen LogP) is 3.23. The van der Waals surface area contributed by atoms with Crippen molar-refractivity contribution in [3.63, 3.8) is 0 Å². The van der Waals surface area contributed by atoms with Gasteiger partial charge in [-0.1, -0.05) is 44.4 Å². The summed E-state index contributed by atoms with van der Waals surface area (Å²) in [5.74, 6) is 0. The van der Waals surface area contributed by atoms with Gasteiger partial charge in [0, 0.05) is 42.7 Å². The number of hydrogen-bond acceptors (Lipinski definition) is 2. The molecule has 1 aliphatic heterocycles. The molecule has 0 saturated carbocycles. The van der Waals surface area contributed by atoms with Gasteiger partial charge >= 0.3 is 0 Å². The van der Waals surface area contributed by atoms with E-state index in [4.69, 9.17) is 0 Å². The number of nitrogens with zero attached hydrogens (tertiary/aromatic N) is 1. The zero-order valence-electron chi connectivity index (χ0n) is 12.9. The third-order valence-corrected chi connectivity index (χ3v) is 4.57. The second-order valence-electron chi connectivity index (χ2n) is 6.13. The zero-order valence-corrected chi connectivity index (χ0v) is 12.9. The van der Waals surface area contributed by atoms with Gasteiger partial charge in [-0.15, -0.1) is 0 Å². The molecule has 3 heteroatoms. The zero-order chi connectivity index (χ0) is 14.7. The molecule has 3 nitrogen and oxygen atoms in total. The van der Waals surface area contributed by atoms with Crippen molar-refractivity contribution in [1.82, 2.24) is 9.88 Å². The second kappa shape index (κ2) is 6.63. The Hall–Kier alpha value is -1.32. The van der Waals surface area contributed by atoms with Crippen LogP contribution >= 0.6 is 0 Å². The molecule has 1 unspecified atom stereocenters. The molecule has 21 heavy (non-hydrogen) atoms. The highest BCUT2D eigenvalue weighted by molar-refractivity contribution is 5.85. The first-order valence-corrected chi connectivity index (χ1v) is 8.29. The number of fused-ring (bicyclic) bond motifs is 3. The van der Waals surface area contributed by atoms with Crippen LogP contribution in [-0.2, 0) is 19.5 Å². The molecule has 0 fully saturated rings. The van der Waals surface area contributed by atoms with Crippen molar-refractivity contribution in [2.24, 2.45) is 0 Å². The average Bonchev–Trinajstić information content (AvgIpc) is 2.83. The number of para-hydroxylation sites is 1. The number of unbranched alkanes of at least 4 members (excludes halogenated alkanes) is 2. The number of aliphatic hydroxyl groups excluding tert-OH is 1. The Morgan fingerprint density at radius 3 is 3.00 bits per heavy atom. The second-order valence-corrected chi connectivity index (χ2v) is 6.13. The molecule has 0 amide bonds. The monoisotopic (exact) mass is 286 g/mol. The molecular formula is C18H26N2O. The van der Waals surface area contributed by atoms with Crippen LogP contribution in [0.2, 0.25) is 0 Å². The van der Waals surface area contributed by atoms with Crippen molar-refractivity contribution in [2.45, 2.75) is 58.2 Å². The predicted molar refractivity (Wildman–Crippen MR) is 87.5 cm³/mol. The maximum absolute atomic E-state index is 10.4. The van der Waals surface area contributed by atoms with Gasteiger partial charge in [-0.25, -0.2) is 0 Å². The molecule has 1 aliphatic rings. The maximum atomic E-state index is 10.4. The van der Waals surface area contributed by atoms with Crippen LogP contribution in [0.15, 0.2) is 24.3 Å². The highest BCUT2D eigenvalue weighted by Gasteiger charge is 2.20. The molecule has 2 aromatic rings. The minimum absolute atomic E-state index is 0.230. The van der Waals surface area contributed by atoms with Gasteiger partial charge in [0.1, 0.15) is 0 Å². The van der Waals surface area contributed by atoms with Crippen molar-refractivity contribution in [2.75, 3.05) is 6.54 Å². The van der Waals surface area contributed by atoms with Gasteiger partial charge in [-0.2, -0.15) is 0 Å². The number of rotatable bonds is 6. The summed E-state index contributed by atoms with van der Waals surface area (Å²) in [7, 11) is 0. The molecular weight excluding hydrogens is 260 g/mol. The Balaban J connectivity index is 1.87. The van der Waals surface area contributed by atoms with Crippen LogP contribution in [0.5, 0.6) is 0 Å². The van der Waals surface area contributed by atoms with E-state index < -0.39 is 0 Å². The topological polar surface area (TPSA) is 37.2 Å². The van der Waals surface area contributed by atoms with Crippen LogP contribution in [0.3, 0.4) is 0 Å². The van der Waals surface area contributed by atoms with E-state index >= 15 is 0 Å². The Morgan fingerprint density at radius 2 is 2.14 bits per heavy atom. The summed E-state index contributed by atoms with van der Waals surface area (Å²) in [6, 6.07) is 8.61. The lowest BCUT2D eigenvalue weighted by Crippen LogP contribution is -2.26. The van der Waals surface area contributed by atoms with Gasteiger partial charge in [0.25, 0.3) is 0 Å². The van der Waals surface area contributed by atoms with Gasteiger partial charge in [0.15, 0.2) is 0 Å². The molecule has 2 heterocycles. The summed E-state index contributed by atoms with van der Waals surface area (Å²) in [5.41, 5.74) is 4.13. The standard InChI is InChI=1S/C18H26N2O/c1-2-3-4-7-14(21)13-20-17-9-6-5-8-15(17)16-12-19-11-10-18(16)20/h5-6,8-9,14,19,21H,2-4,7,10-13H2,1H3. The van der Waals surface area contributed by atoms with Crippen LogP contribution in [-0.4, -0.2) is 22.3 Å². The Bertz CT molecular complexity index is 603. The van der Waals surface area contributed by atoms with Crippen LogP contribution in [0, 0.1) is 0 Å². The van der Waals surface area contributed by atoms with E-state index in [1.54, 1.807) is 0 Å². The van der Waals surface area contributed by atoms with Gasteiger partial charge in [0.05, 0.1) is 6.10 Å². The van der Waals surface area contributed by atoms with Crippen molar-refractivity contribution in [1.29, 1.82) is 0 Å². The fourth-order valence-electron chi connectivity index (χ4n) is 3.47. The normalized spacial score (nSPS) is 16.1. The van der Waals surface area contributed by atoms with Crippen LogP contribution < -0.4 is 5.32 Å². The summed E-state index contributed by atoms with van der Waals surface area (Å²) in [6.45, 7) is 4.93. The van der Waals surface area contributed by atoms with Crippen molar-refractivity contribution >= 4 is 10.9 Å². The molecule has 0 aliphatic carbocycles. The van der Waals surface area contributed by atoms with Gasteiger partial charge in [-0.05, 0) is 18.1 Å². The summed E-state index contributed by atoms with van der Waals surface area (Å²) < 4.78 is 2.36. The average molecular weight is 286 g/mol. The quantitative estimate of drug-likeness (QED) is 0.800. The molecule has 2 N–H and O–H groups in total. The first kappa shape index (κ1) is 14.6. The smallest absolute Gasteiger partial charge is 0.0719 e. The molecule has 114 valence electrons. The summed E-state index contributed by atoms with van der Waals surface area (Å²) in [6.07, 6.45) is 5.29. The highest BCUT2D eigenvalue weighted by atomic mass is 16.3. The van der Waals surface area contributed by atoms with E-state index in [2.05, 4.69) is 41.1 Å². The summed E-state index contributed by atoms with van der Waals surface area (Å²) in [5, 5.41) is 15.2. The number of nitrogens with one attached hydrogen (secondary N) is 1. The van der Waals surface area contributed by atoms with E-state index in [-0.39, 0.29) is 6.10 Å². The van der Waals surface area contributed by atoms with Gasteiger partial charge in [0.2, 0.25) is 0 Å². The van der Waals surface area contributed by atoms with Crippen LogP contribution in [0.1, 0.15) is 43.9 Å². The Kier molecular flexibility index (Phi) is 4.61. The minimum Gasteiger partial charge on any atom is -0.391 e. The Morgan fingerprint density at radius 1 is 1.29 bits per heavy atom. The molecule has 3 rings (SSSR count). The summed E-state index contributed by atoms with van der Waals surface area (Å²) >= 11 is 0. The fraction of sp³-hybridized carbons (Fsp3) is 0.556. The lowest BCUT2D eigenvalue weighted by molar-refractivity contribution is 0.141. The molecule has 0 radical (unpaired) electrons. The third kappa shape index (κ3) is 2.99. The summed E-state index contributed by atoms with van der Waals surface area (Å²) in [4.78, 5) is 0. The van der Waals surface area contributed by atoms with Crippen molar-refractivity contribution in [3.05, 3.63) is 35.5 Å². The number of aromatic nitrogens is 1. The third-order valence-electron chi connectivity index (χ3n) is 4.57. The van der Waals surface area contributed by atoms with Gasteiger partial charge < -0.3 is 15.0 Å². The molecule has 1 aromatic heterocycles. The van der Waals surface area contributed by atoms with E-state index in [9.17, 15) is 5.11 Å². The van der Waals surface area contributed by atoms with E-state index in [0.717, 1.165) is 38.9 Å². The molecule has 0 bridgehead atoms. The Labute approximate surface area is 127 Å².